The molecule has 0 saturated heterocycles. The zero-order valence-corrected chi connectivity index (χ0v) is 18.3. The molecule has 164 valence electrons. The highest BCUT2D eigenvalue weighted by molar-refractivity contribution is 6.30. The Kier molecular flexibility index (Phi) is 4.58. The van der Waals surface area contributed by atoms with Gasteiger partial charge >= 0.3 is 0 Å². The van der Waals surface area contributed by atoms with E-state index in [0.29, 0.717) is 16.7 Å². The molecule has 33 heavy (non-hydrogen) atoms. The topological polar surface area (TPSA) is 61.2 Å². The predicted molar refractivity (Wildman–Crippen MR) is 123 cm³/mol. The van der Waals surface area contributed by atoms with Crippen molar-refractivity contribution >= 4 is 23.2 Å². The van der Waals surface area contributed by atoms with Gasteiger partial charge in [-0.05, 0) is 53.6 Å². The van der Waals surface area contributed by atoms with Crippen LogP contribution in [0.3, 0.4) is 0 Å². The van der Waals surface area contributed by atoms with Gasteiger partial charge in [0.1, 0.15) is 35.8 Å². The Bertz CT molecular complexity index is 1380. The SMILES string of the molecule is COc1ccc([C@H]2C3=C(Nc4ncnn42)c2cc(Cl)ccc2O[C@@H]3c2ccc(F)cc2)cc1. The van der Waals surface area contributed by atoms with Gasteiger partial charge in [-0.1, -0.05) is 35.9 Å². The second-order valence-corrected chi connectivity index (χ2v) is 8.29. The zero-order chi connectivity index (χ0) is 22.5. The summed E-state index contributed by atoms with van der Waals surface area (Å²) in [6.07, 6.45) is 1.04. The van der Waals surface area contributed by atoms with Gasteiger partial charge in [-0.15, -0.1) is 0 Å². The van der Waals surface area contributed by atoms with Crippen molar-refractivity contribution in [3.8, 4) is 11.5 Å². The third-order valence-electron chi connectivity index (χ3n) is 5.98. The molecule has 2 atom stereocenters. The van der Waals surface area contributed by atoms with E-state index in [9.17, 15) is 4.39 Å². The number of benzene rings is 3. The summed E-state index contributed by atoms with van der Waals surface area (Å²) in [5.41, 5.74) is 4.43. The highest BCUT2D eigenvalue weighted by atomic mass is 35.5. The third kappa shape index (κ3) is 3.24. The molecule has 6 rings (SSSR count). The number of hydrogen-bond donors (Lipinski definition) is 1. The maximum atomic E-state index is 13.7. The fourth-order valence-electron chi connectivity index (χ4n) is 4.46. The average Bonchev–Trinajstić information content (AvgIpc) is 3.31. The molecule has 3 heterocycles. The quantitative estimate of drug-likeness (QED) is 0.428. The Labute approximate surface area is 194 Å². The van der Waals surface area contributed by atoms with Gasteiger partial charge in [0.15, 0.2) is 0 Å². The average molecular weight is 461 g/mol. The van der Waals surface area contributed by atoms with Gasteiger partial charge in [0, 0.05) is 16.2 Å². The Morgan fingerprint density at radius 1 is 1.03 bits per heavy atom. The molecule has 2 aliphatic heterocycles. The lowest BCUT2D eigenvalue weighted by Gasteiger charge is -2.39. The zero-order valence-electron chi connectivity index (χ0n) is 17.5. The van der Waals surface area contributed by atoms with E-state index in [1.54, 1.807) is 25.3 Å². The Balaban J connectivity index is 1.61. The number of ether oxygens (including phenoxy) is 2. The van der Waals surface area contributed by atoms with Crippen molar-refractivity contribution in [3.63, 3.8) is 0 Å². The molecule has 0 bridgehead atoms. The molecule has 2 aliphatic rings. The molecule has 0 unspecified atom stereocenters. The molecule has 6 nitrogen and oxygen atoms in total. The Morgan fingerprint density at radius 3 is 2.55 bits per heavy atom. The second-order valence-electron chi connectivity index (χ2n) is 7.85. The molecular weight excluding hydrogens is 443 g/mol. The molecule has 8 heteroatoms. The van der Waals surface area contributed by atoms with E-state index in [-0.39, 0.29) is 11.9 Å². The first-order valence-electron chi connectivity index (χ1n) is 10.4. The van der Waals surface area contributed by atoms with E-state index in [1.807, 2.05) is 41.1 Å². The normalized spacial score (nSPS) is 18.5. The van der Waals surface area contributed by atoms with E-state index < -0.39 is 6.10 Å². The minimum absolute atomic E-state index is 0.303. The number of methoxy groups -OCH3 is 1. The van der Waals surface area contributed by atoms with Crippen LogP contribution >= 0.6 is 11.6 Å². The molecule has 1 aromatic heterocycles. The largest absolute Gasteiger partial charge is 0.497 e. The van der Waals surface area contributed by atoms with Gasteiger partial charge in [0.25, 0.3) is 0 Å². The lowest BCUT2D eigenvalue weighted by atomic mass is 9.84. The summed E-state index contributed by atoms with van der Waals surface area (Å²) < 4.78 is 27.4. The summed E-state index contributed by atoms with van der Waals surface area (Å²) in [5.74, 6) is 1.75. The standard InChI is InChI=1S/C25H18ClFN4O2/c1-32-18-9-4-14(5-10-18)23-21-22(30-25-28-13-29-31(23)25)19-12-16(26)6-11-20(19)33-24(21)15-2-7-17(27)8-3-15/h2-13,23-24H,1H3,(H,28,29,30)/t23-,24+/m0/s1. The molecule has 0 aliphatic carbocycles. The number of aromatic nitrogens is 3. The molecule has 4 aromatic rings. The second kappa shape index (κ2) is 7.64. The van der Waals surface area contributed by atoms with Crippen LogP contribution in [0.2, 0.25) is 5.02 Å². The molecule has 3 aromatic carbocycles. The van der Waals surface area contributed by atoms with Crippen LogP contribution in [-0.4, -0.2) is 21.9 Å². The van der Waals surface area contributed by atoms with Crippen LogP contribution < -0.4 is 14.8 Å². The Morgan fingerprint density at radius 2 is 1.79 bits per heavy atom. The van der Waals surface area contributed by atoms with Crippen molar-refractivity contribution in [3.05, 3.63) is 106 Å². The van der Waals surface area contributed by atoms with Crippen molar-refractivity contribution in [2.45, 2.75) is 12.1 Å². The summed E-state index contributed by atoms with van der Waals surface area (Å²) in [6.45, 7) is 0. The van der Waals surface area contributed by atoms with Crippen LogP contribution in [0.25, 0.3) is 5.70 Å². The summed E-state index contributed by atoms with van der Waals surface area (Å²) in [5, 5.41) is 8.52. The number of anilines is 1. The molecule has 0 fully saturated rings. The van der Waals surface area contributed by atoms with Crippen LogP contribution in [0, 0.1) is 5.82 Å². The van der Waals surface area contributed by atoms with Gasteiger partial charge in [-0.3, -0.25) is 0 Å². The predicted octanol–water partition coefficient (Wildman–Crippen LogP) is 5.64. The highest BCUT2D eigenvalue weighted by Gasteiger charge is 2.41. The van der Waals surface area contributed by atoms with E-state index in [2.05, 4.69) is 15.4 Å². The van der Waals surface area contributed by atoms with Crippen molar-refractivity contribution in [2.75, 3.05) is 12.4 Å². The van der Waals surface area contributed by atoms with Gasteiger partial charge < -0.3 is 14.8 Å². The van der Waals surface area contributed by atoms with Crippen molar-refractivity contribution in [1.29, 1.82) is 0 Å². The number of fused-ring (bicyclic) bond motifs is 3. The summed E-state index contributed by atoms with van der Waals surface area (Å²) in [7, 11) is 1.63. The van der Waals surface area contributed by atoms with Crippen LogP contribution in [0.4, 0.5) is 10.3 Å². The lowest BCUT2D eigenvalue weighted by Crippen LogP contribution is -2.32. The highest BCUT2D eigenvalue weighted by Crippen LogP contribution is 2.51. The number of nitrogens with one attached hydrogen (secondary N) is 1. The first-order chi connectivity index (χ1) is 16.1. The van der Waals surface area contributed by atoms with Crippen LogP contribution in [0.5, 0.6) is 11.5 Å². The fourth-order valence-corrected chi connectivity index (χ4v) is 4.63. The summed E-state index contributed by atoms with van der Waals surface area (Å²) in [4.78, 5) is 4.42. The summed E-state index contributed by atoms with van der Waals surface area (Å²) in [6, 6.07) is 19.4. The minimum atomic E-state index is -0.480. The molecule has 0 radical (unpaired) electrons. The Hall–Kier alpha value is -3.84. The number of halogens is 2. The number of rotatable bonds is 3. The van der Waals surface area contributed by atoms with Crippen LogP contribution in [-0.2, 0) is 0 Å². The first-order valence-corrected chi connectivity index (χ1v) is 10.8. The maximum absolute atomic E-state index is 13.7. The third-order valence-corrected chi connectivity index (χ3v) is 6.22. The number of nitrogens with zero attached hydrogens (tertiary/aromatic N) is 3. The molecule has 1 N–H and O–H groups in total. The van der Waals surface area contributed by atoms with E-state index in [4.69, 9.17) is 21.1 Å². The maximum Gasteiger partial charge on any atom is 0.226 e. The van der Waals surface area contributed by atoms with Gasteiger partial charge in [0.2, 0.25) is 5.95 Å². The van der Waals surface area contributed by atoms with Crippen LogP contribution in [0.15, 0.2) is 78.6 Å². The van der Waals surface area contributed by atoms with Gasteiger partial charge in [-0.2, -0.15) is 10.1 Å². The van der Waals surface area contributed by atoms with E-state index in [1.165, 1.54) is 18.5 Å². The van der Waals surface area contributed by atoms with Crippen molar-refractivity contribution < 1.29 is 13.9 Å². The van der Waals surface area contributed by atoms with Crippen molar-refractivity contribution in [1.82, 2.24) is 14.8 Å². The minimum Gasteiger partial charge on any atom is -0.497 e. The van der Waals surface area contributed by atoms with E-state index in [0.717, 1.165) is 33.7 Å². The van der Waals surface area contributed by atoms with E-state index >= 15 is 0 Å². The molecule has 0 amide bonds. The molecule has 0 spiro atoms. The van der Waals surface area contributed by atoms with Gasteiger partial charge in [-0.25, -0.2) is 9.07 Å². The molecule has 0 saturated carbocycles. The number of hydrogen-bond acceptors (Lipinski definition) is 5. The fraction of sp³-hybridized carbons (Fsp3) is 0.120. The van der Waals surface area contributed by atoms with Crippen molar-refractivity contribution in [2.24, 2.45) is 0 Å². The molecular formula is C25H18ClFN4O2. The summed E-state index contributed by atoms with van der Waals surface area (Å²) >= 11 is 6.35. The van der Waals surface area contributed by atoms with Crippen LogP contribution in [0.1, 0.15) is 28.8 Å². The lowest BCUT2D eigenvalue weighted by molar-refractivity contribution is 0.223. The smallest absolute Gasteiger partial charge is 0.226 e. The monoisotopic (exact) mass is 460 g/mol. The van der Waals surface area contributed by atoms with Gasteiger partial charge in [0.05, 0.1) is 12.8 Å². The first kappa shape index (κ1) is 19.8.